The molecule has 0 spiro atoms. The molecule has 0 aliphatic carbocycles. The molecule has 0 bridgehead atoms. The number of piperazine rings is 1. The van der Waals surface area contributed by atoms with E-state index in [1.165, 1.54) is 14.1 Å². The summed E-state index contributed by atoms with van der Waals surface area (Å²) in [6, 6.07) is 7.88. The largest absolute Gasteiger partial charge is 0.497 e. The fraction of sp³-hybridized carbons (Fsp3) is 0.421. The molecule has 0 saturated carbocycles. The van der Waals surface area contributed by atoms with Crippen molar-refractivity contribution in [3.05, 3.63) is 50.7 Å². The Morgan fingerprint density at radius 2 is 1.86 bits per heavy atom. The molecule has 1 aromatic carbocycles. The van der Waals surface area contributed by atoms with Crippen molar-refractivity contribution in [2.24, 2.45) is 14.1 Å². The first kappa shape index (κ1) is 19.7. The van der Waals surface area contributed by atoms with Gasteiger partial charge in [0.15, 0.2) is 0 Å². The van der Waals surface area contributed by atoms with Crippen LogP contribution in [0.3, 0.4) is 0 Å². The summed E-state index contributed by atoms with van der Waals surface area (Å²) in [4.78, 5) is 40.3. The van der Waals surface area contributed by atoms with Gasteiger partial charge in [-0.05, 0) is 12.1 Å². The molecular formula is C19H26N5O4+. The van der Waals surface area contributed by atoms with E-state index in [-0.39, 0.29) is 23.7 Å². The van der Waals surface area contributed by atoms with Gasteiger partial charge < -0.3 is 20.3 Å². The van der Waals surface area contributed by atoms with Crippen molar-refractivity contribution < 1.29 is 14.4 Å². The normalized spacial score (nSPS) is 14.9. The van der Waals surface area contributed by atoms with Gasteiger partial charge >= 0.3 is 5.69 Å². The summed E-state index contributed by atoms with van der Waals surface area (Å²) in [7, 11) is 4.44. The van der Waals surface area contributed by atoms with Crippen LogP contribution in [0.15, 0.2) is 33.9 Å². The second-order valence-corrected chi connectivity index (χ2v) is 7.00. The molecule has 2 heterocycles. The second-order valence-electron chi connectivity index (χ2n) is 7.00. The summed E-state index contributed by atoms with van der Waals surface area (Å²) in [6.07, 6.45) is 0. The molecule has 0 atom stereocenters. The second kappa shape index (κ2) is 7.89. The monoisotopic (exact) mass is 388 g/mol. The molecule has 1 aliphatic rings. The highest BCUT2D eigenvalue weighted by Gasteiger charge is 2.27. The highest BCUT2D eigenvalue weighted by atomic mass is 16.5. The number of quaternary nitrogens is 1. The predicted molar refractivity (Wildman–Crippen MR) is 106 cm³/mol. The van der Waals surface area contributed by atoms with Crippen LogP contribution in [-0.4, -0.2) is 54.8 Å². The summed E-state index contributed by atoms with van der Waals surface area (Å²) in [5.41, 5.74) is 5.68. The lowest BCUT2D eigenvalue weighted by atomic mass is 10.1. The standard InChI is InChI=1S/C19H25N5O4/c1-21-17(20)16(18(26)22(2)19(21)27)15(25)12-23-7-9-24(10-8-23)13-5-4-6-14(11-13)28-3/h4-6,11H,7-10,12,20H2,1-3H3/p+1. The molecule has 3 N–H and O–H groups in total. The fourth-order valence-corrected chi connectivity index (χ4v) is 3.50. The number of anilines is 2. The van der Waals surface area contributed by atoms with E-state index in [1.54, 1.807) is 7.11 Å². The van der Waals surface area contributed by atoms with Gasteiger partial charge in [-0.1, -0.05) is 6.07 Å². The molecule has 150 valence electrons. The zero-order valence-electron chi connectivity index (χ0n) is 16.4. The van der Waals surface area contributed by atoms with Crippen molar-refractivity contribution >= 4 is 17.3 Å². The van der Waals surface area contributed by atoms with Crippen LogP contribution in [0.1, 0.15) is 10.4 Å². The summed E-state index contributed by atoms with van der Waals surface area (Å²) in [5.74, 6) is 0.398. The first-order valence-corrected chi connectivity index (χ1v) is 9.14. The van der Waals surface area contributed by atoms with Crippen LogP contribution >= 0.6 is 0 Å². The van der Waals surface area contributed by atoms with E-state index in [0.29, 0.717) is 0 Å². The number of Topliss-reactive ketones (excluding diaryl/α,β-unsaturated/α-hetero) is 1. The maximum atomic E-state index is 12.7. The van der Waals surface area contributed by atoms with Gasteiger partial charge in [-0.15, -0.1) is 0 Å². The van der Waals surface area contributed by atoms with E-state index in [4.69, 9.17) is 10.5 Å². The molecule has 3 rings (SSSR count). The van der Waals surface area contributed by atoms with E-state index in [1.807, 2.05) is 24.3 Å². The van der Waals surface area contributed by atoms with E-state index < -0.39 is 11.2 Å². The highest BCUT2D eigenvalue weighted by Crippen LogP contribution is 2.20. The molecule has 1 fully saturated rings. The Hall–Kier alpha value is -3.07. The molecular weight excluding hydrogens is 362 g/mol. The molecule has 0 radical (unpaired) electrons. The van der Waals surface area contributed by atoms with Gasteiger partial charge in [0, 0.05) is 25.8 Å². The number of nitrogens with one attached hydrogen (secondary N) is 1. The number of nitrogens with two attached hydrogens (primary N) is 1. The molecule has 9 heteroatoms. The third-order valence-corrected chi connectivity index (χ3v) is 5.29. The Labute approximate surface area is 162 Å². The highest BCUT2D eigenvalue weighted by molar-refractivity contribution is 6.00. The minimum atomic E-state index is -0.639. The lowest BCUT2D eigenvalue weighted by Crippen LogP contribution is -3.15. The van der Waals surface area contributed by atoms with Crippen LogP contribution in [0.5, 0.6) is 5.75 Å². The van der Waals surface area contributed by atoms with Gasteiger partial charge in [-0.2, -0.15) is 0 Å². The number of aromatic nitrogens is 2. The predicted octanol–water partition coefficient (Wildman–Crippen LogP) is -1.74. The van der Waals surface area contributed by atoms with Crippen LogP contribution in [0.4, 0.5) is 11.5 Å². The van der Waals surface area contributed by atoms with Crippen LogP contribution in [0.2, 0.25) is 0 Å². The Bertz CT molecular complexity index is 1000. The number of carbonyl (C=O) groups excluding carboxylic acids is 1. The number of methoxy groups -OCH3 is 1. The summed E-state index contributed by atoms with van der Waals surface area (Å²) < 4.78 is 7.32. The molecule has 0 unspecified atom stereocenters. The van der Waals surface area contributed by atoms with Gasteiger partial charge in [0.25, 0.3) is 5.56 Å². The van der Waals surface area contributed by atoms with Crippen molar-refractivity contribution in [2.75, 3.05) is 50.5 Å². The minimum absolute atomic E-state index is 0.0764. The Kier molecular flexibility index (Phi) is 5.55. The van der Waals surface area contributed by atoms with Crippen LogP contribution in [0, 0.1) is 0 Å². The van der Waals surface area contributed by atoms with Gasteiger partial charge in [0.05, 0.1) is 33.3 Å². The minimum Gasteiger partial charge on any atom is -0.497 e. The van der Waals surface area contributed by atoms with E-state index in [9.17, 15) is 14.4 Å². The maximum absolute atomic E-state index is 12.7. The van der Waals surface area contributed by atoms with Gasteiger partial charge in [-0.25, -0.2) is 4.79 Å². The summed E-state index contributed by atoms with van der Waals surface area (Å²) >= 11 is 0. The van der Waals surface area contributed by atoms with Gasteiger partial charge in [-0.3, -0.25) is 18.7 Å². The molecule has 28 heavy (non-hydrogen) atoms. The maximum Gasteiger partial charge on any atom is 0.332 e. The fourth-order valence-electron chi connectivity index (χ4n) is 3.50. The quantitative estimate of drug-likeness (QED) is 0.590. The zero-order valence-corrected chi connectivity index (χ0v) is 16.4. The number of carbonyl (C=O) groups is 1. The average molecular weight is 388 g/mol. The van der Waals surface area contributed by atoms with Crippen molar-refractivity contribution in [1.82, 2.24) is 9.13 Å². The average Bonchev–Trinajstić information content (AvgIpc) is 2.71. The lowest BCUT2D eigenvalue weighted by molar-refractivity contribution is -0.892. The molecule has 2 aromatic rings. The summed E-state index contributed by atoms with van der Waals surface area (Å²) in [6.45, 7) is 3.26. The molecule has 1 aliphatic heterocycles. The lowest BCUT2D eigenvalue weighted by Gasteiger charge is -2.33. The van der Waals surface area contributed by atoms with Gasteiger partial charge in [0.1, 0.15) is 23.7 Å². The number of rotatable bonds is 5. The van der Waals surface area contributed by atoms with Crippen molar-refractivity contribution in [3.63, 3.8) is 0 Å². The Morgan fingerprint density at radius 3 is 2.50 bits per heavy atom. The van der Waals surface area contributed by atoms with Crippen molar-refractivity contribution in [3.8, 4) is 5.75 Å². The van der Waals surface area contributed by atoms with E-state index in [0.717, 1.165) is 51.7 Å². The van der Waals surface area contributed by atoms with Crippen LogP contribution in [-0.2, 0) is 14.1 Å². The molecule has 1 saturated heterocycles. The van der Waals surface area contributed by atoms with Gasteiger partial charge in [0.2, 0.25) is 5.78 Å². The Morgan fingerprint density at radius 1 is 1.18 bits per heavy atom. The number of hydrogen-bond donors (Lipinski definition) is 2. The molecule has 1 aromatic heterocycles. The summed E-state index contributed by atoms with van der Waals surface area (Å²) in [5, 5.41) is 0. The third kappa shape index (κ3) is 3.65. The third-order valence-electron chi connectivity index (χ3n) is 5.29. The first-order valence-electron chi connectivity index (χ1n) is 9.14. The van der Waals surface area contributed by atoms with E-state index in [2.05, 4.69) is 4.90 Å². The van der Waals surface area contributed by atoms with E-state index >= 15 is 0 Å². The number of ether oxygens (including phenoxy) is 1. The number of hydrogen-bond acceptors (Lipinski definition) is 6. The number of nitrogens with zero attached hydrogens (tertiary/aromatic N) is 3. The SMILES string of the molecule is COc1cccc(N2CC[NH+](CC(=O)c3c(N)n(C)c(=O)n(C)c3=O)CC2)c1. The van der Waals surface area contributed by atoms with Crippen molar-refractivity contribution in [1.29, 1.82) is 0 Å². The van der Waals surface area contributed by atoms with Crippen LogP contribution in [0.25, 0.3) is 0 Å². The van der Waals surface area contributed by atoms with Crippen LogP contribution < -0.4 is 31.5 Å². The molecule has 9 nitrogen and oxygen atoms in total. The number of ketones is 1. The topological polar surface area (TPSA) is 104 Å². The van der Waals surface area contributed by atoms with Crippen molar-refractivity contribution in [2.45, 2.75) is 0 Å². The number of nitrogen functional groups attached to an aromatic ring is 1. The molecule has 0 amide bonds. The zero-order chi connectivity index (χ0) is 20.4. The smallest absolute Gasteiger partial charge is 0.332 e. The Balaban J connectivity index is 1.69. The number of benzene rings is 1. The first-order chi connectivity index (χ1) is 13.3.